The quantitative estimate of drug-likeness (QED) is 0.797. The second-order valence-corrected chi connectivity index (χ2v) is 6.57. The minimum Gasteiger partial charge on any atom is -0.304 e. The summed E-state index contributed by atoms with van der Waals surface area (Å²) >= 11 is 8.74. The van der Waals surface area contributed by atoms with Crippen LogP contribution in [0.1, 0.15) is 30.0 Å². The molecule has 1 N–H and O–H groups in total. The van der Waals surface area contributed by atoms with E-state index < -0.39 is 0 Å². The van der Waals surface area contributed by atoms with Crippen LogP contribution in [0, 0.1) is 0 Å². The molecule has 0 saturated carbocycles. The van der Waals surface area contributed by atoms with Crippen molar-refractivity contribution in [2.75, 3.05) is 6.54 Å². The fourth-order valence-corrected chi connectivity index (χ4v) is 3.09. The average molecular weight is 390 g/mol. The molecule has 1 aromatic carbocycles. The van der Waals surface area contributed by atoms with Gasteiger partial charge in [0.1, 0.15) is 5.01 Å². The van der Waals surface area contributed by atoms with Gasteiger partial charge in [-0.05, 0) is 62.5 Å². The normalized spacial score (nSPS) is 12.6. The number of thiazole rings is 1. The van der Waals surface area contributed by atoms with Crippen molar-refractivity contribution >= 4 is 43.2 Å². The third-order valence-electron chi connectivity index (χ3n) is 2.57. The van der Waals surface area contributed by atoms with E-state index in [-0.39, 0.29) is 6.04 Å². The van der Waals surface area contributed by atoms with Crippen LogP contribution in [0.3, 0.4) is 0 Å². The lowest BCUT2D eigenvalue weighted by atomic mass is 10.1. The van der Waals surface area contributed by atoms with E-state index in [4.69, 9.17) is 0 Å². The van der Waals surface area contributed by atoms with Crippen LogP contribution in [-0.4, -0.2) is 11.5 Å². The van der Waals surface area contributed by atoms with Crippen LogP contribution in [0.15, 0.2) is 38.7 Å². The number of nitrogens with one attached hydrogen (secondary N) is 1. The third kappa shape index (κ3) is 3.41. The molecule has 18 heavy (non-hydrogen) atoms. The SMILES string of the molecule is CCCNC(c1ccc(Br)c(Br)c1)c1nccs1. The molecule has 0 aliphatic carbocycles. The molecular weight excluding hydrogens is 376 g/mol. The molecule has 5 heteroatoms. The highest BCUT2D eigenvalue weighted by Crippen LogP contribution is 2.30. The van der Waals surface area contributed by atoms with Crippen LogP contribution in [-0.2, 0) is 0 Å². The lowest BCUT2D eigenvalue weighted by Crippen LogP contribution is -2.23. The van der Waals surface area contributed by atoms with Crippen molar-refractivity contribution in [3.63, 3.8) is 0 Å². The van der Waals surface area contributed by atoms with E-state index >= 15 is 0 Å². The van der Waals surface area contributed by atoms with Crippen LogP contribution in [0.4, 0.5) is 0 Å². The van der Waals surface area contributed by atoms with Crippen molar-refractivity contribution in [1.29, 1.82) is 0 Å². The van der Waals surface area contributed by atoms with Crippen LogP contribution >= 0.6 is 43.2 Å². The van der Waals surface area contributed by atoms with Gasteiger partial charge in [0.25, 0.3) is 0 Å². The predicted octanol–water partition coefficient (Wildman–Crippen LogP) is 4.76. The summed E-state index contributed by atoms with van der Waals surface area (Å²) in [5.74, 6) is 0. The summed E-state index contributed by atoms with van der Waals surface area (Å²) in [5.41, 5.74) is 1.23. The first-order chi connectivity index (χ1) is 8.72. The number of aromatic nitrogens is 1. The minimum atomic E-state index is 0.175. The predicted molar refractivity (Wildman–Crippen MR) is 84.1 cm³/mol. The van der Waals surface area contributed by atoms with Crippen LogP contribution in [0.2, 0.25) is 0 Å². The van der Waals surface area contributed by atoms with E-state index in [1.165, 1.54) is 5.56 Å². The summed E-state index contributed by atoms with van der Waals surface area (Å²) in [6, 6.07) is 6.50. The molecule has 1 atom stereocenters. The van der Waals surface area contributed by atoms with Gasteiger partial charge in [0.15, 0.2) is 0 Å². The maximum Gasteiger partial charge on any atom is 0.114 e. The molecule has 2 nitrogen and oxygen atoms in total. The number of hydrogen-bond donors (Lipinski definition) is 1. The first-order valence-corrected chi connectivity index (χ1v) is 8.26. The molecular formula is C13H14Br2N2S. The van der Waals surface area contributed by atoms with Gasteiger partial charge in [-0.1, -0.05) is 13.0 Å². The van der Waals surface area contributed by atoms with Crippen molar-refractivity contribution in [3.8, 4) is 0 Å². The van der Waals surface area contributed by atoms with Gasteiger partial charge in [-0.2, -0.15) is 0 Å². The Morgan fingerprint density at radius 3 is 2.78 bits per heavy atom. The van der Waals surface area contributed by atoms with E-state index in [2.05, 4.69) is 67.3 Å². The number of benzene rings is 1. The Balaban J connectivity index is 2.30. The largest absolute Gasteiger partial charge is 0.304 e. The highest BCUT2D eigenvalue weighted by Gasteiger charge is 2.16. The summed E-state index contributed by atoms with van der Waals surface area (Å²) in [7, 11) is 0. The van der Waals surface area contributed by atoms with Crippen molar-refractivity contribution in [1.82, 2.24) is 10.3 Å². The Morgan fingerprint density at radius 2 is 2.17 bits per heavy atom. The molecule has 1 unspecified atom stereocenters. The molecule has 0 aliphatic heterocycles. The maximum absolute atomic E-state index is 4.43. The molecule has 0 fully saturated rings. The lowest BCUT2D eigenvalue weighted by molar-refractivity contribution is 0.595. The molecule has 0 bridgehead atoms. The van der Waals surface area contributed by atoms with Crippen molar-refractivity contribution in [2.45, 2.75) is 19.4 Å². The Hall–Kier alpha value is -0.230. The highest BCUT2D eigenvalue weighted by atomic mass is 79.9. The summed E-state index contributed by atoms with van der Waals surface area (Å²) in [4.78, 5) is 4.43. The summed E-state index contributed by atoms with van der Waals surface area (Å²) < 4.78 is 2.14. The average Bonchev–Trinajstić information content (AvgIpc) is 2.88. The first-order valence-electron chi connectivity index (χ1n) is 5.80. The van der Waals surface area contributed by atoms with Crippen molar-refractivity contribution in [3.05, 3.63) is 49.3 Å². The van der Waals surface area contributed by atoms with Gasteiger partial charge in [-0.3, -0.25) is 0 Å². The Labute approximate surface area is 128 Å². The minimum absolute atomic E-state index is 0.175. The summed E-state index contributed by atoms with van der Waals surface area (Å²) in [5, 5.41) is 6.67. The highest BCUT2D eigenvalue weighted by molar-refractivity contribution is 9.13. The lowest BCUT2D eigenvalue weighted by Gasteiger charge is -2.17. The fraction of sp³-hybridized carbons (Fsp3) is 0.308. The molecule has 0 spiro atoms. The molecule has 1 aromatic heterocycles. The van der Waals surface area contributed by atoms with Gasteiger partial charge in [-0.15, -0.1) is 11.3 Å². The van der Waals surface area contributed by atoms with E-state index in [0.717, 1.165) is 26.9 Å². The Morgan fingerprint density at radius 1 is 1.33 bits per heavy atom. The second-order valence-electron chi connectivity index (χ2n) is 3.93. The van der Waals surface area contributed by atoms with E-state index in [1.807, 2.05) is 11.6 Å². The second kappa shape index (κ2) is 6.80. The van der Waals surface area contributed by atoms with Crippen LogP contribution in [0.5, 0.6) is 0 Å². The zero-order valence-electron chi connectivity index (χ0n) is 9.99. The van der Waals surface area contributed by atoms with Crippen LogP contribution in [0.25, 0.3) is 0 Å². The molecule has 2 rings (SSSR count). The van der Waals surface area contributed by atoms with Crippen LogP contribution < -0.4 is 5.32 Å². The molecule has 0 aliphatic rings. The molecule has 0 amide bonds. The number of nitrogens with zero attached hydrogens (tertiary/aromatic N) is 1. The Kier molecular flexibility index (Phi) is 5.36. The monoisotopic (exact) mass is 388 g/mol. The van der Waals surface area contributed by atoms with Crippen molar-refractivity contribution < 1.29 is 0 Å². The molecule has 1 heterocycles. The van der Waals surface area contributed by atoms with Gasteiger partial charge in [-0.25, -0.2) is 4.98 Å². The standard InChI is InChI=1S/C13H14Br2N2S/c1-2-5-16-12(13-17-6-7-18-13)9-3-4-10(14)11(15)8-9/h3-4,6-8,12,16H,2,5H2,1H3. The smallest absolute Gasteiger partial charge is 0.114 e. The van der Waals surface area contributed by atoms with E-state index in [0.29, 0.717) is 0 Å². The van der Waals surface area contributed by atoms with Gasteiger partial charge < -0.3 is 5.32 Å². The first kappa shape index (κ1) is 14.2. The topological polar surface area (TPSA) is 24.9 Å². The maximum atomic E-state index is 4.43. The van der Waals surface area contributed by atoms with Gasteiger partial charge in [0.2, 0.25) is 0 Å². The number of rotatable bonds is 5. The zero-order valence-corrected chi connectivity index (χ0v) is 14.0. The van der Waals surface area contributed by atoms with Gasteiger partial charge in [0.05, 0.1) is 6.04 Å². The number of hydrogen-bond acceptors (Lipinski definition) is 3. The molecule has 2 aromatic rings. The molecule has 96 valence electrons. The van der Waals surface area contributed by atoms with E-state index in [9.17, 15) is 0 Å². The fourth-order valence-electron chi connectivity index (χ4n) is 1.71. The third-order valence-corrected chi connectivity index (χ3v) is 5.29. The van der Waals surface area contributed by atoms with Gasteiger partial charge >= 0.3 is 0 Å². The van der Waals surface area contributed by atoms with Crippen molar-refractivity contribution in [2.24, 2.45) is 0 Å². The summed E-state index contributed by atoms with van der Waals surface area (Å²) in [6.45, 7) is 3.15. The zero-order chi connectivity index (χ0) is 13.0. The molecule has 0 radical (unpaired) electrons. The van der Waals surface area contributed by atoms with E-state index in [1.54, 1.807) is 11.3 Å². The van der Waals surface area contributed by atoms with Gasteiger partial charge in [0, 0.05) is 20.5 Å². The summed E-state index contributed by atoms with van der Waals surface area (Å²) in [6.07, 6.45) is 2.97. The number of halogens is 2. The molecule has 0 saturated heterocycles. The Bertz CT molecular complexity index is 500.